The smallest absolute Gasteiger partial charge is 0.324 e. The highest BCUT2D eigenvalue weighted by molar-refractivity contribution is 8.00. The molecule has 1 saturated heterocycles. The Bertz CT molecular complexity index is 746. The van der Waals surface area contributed by atoms with Gasteiger partial charge in [0, 0.05) is 13.1 Å². The summed E-state index contributed by atoms with van der Waals surface area (Å²) in [5.74, 6) is 0.585. The maximum Gasteiger partial charge on any atom is 0.324 e. The fourth-order valence-electron chi connectivity index (χ4n) is 2.51. The Hall–Kier alpha value is -2.35. The zero-order chi connectivity index (χ0) is 17.1. The molecule has 1 fully saturated rings. The molecule has 7 nitrogen and oxygen atoms in total. The van der Waals surface area contributed by atoms with Crippen molar-refractivity contribution in [2.24, 2.45) is 0 Å². The predicted molar refractivity (Wildman–Crippen MR) is 90.7 cm³/mol. The number of thioether (sulfide) groups is 1. The second-order valence-corrected chi connectivity index (χ2v) is 6.89. The van der Waals surface area contributed by atoms with Crippen LogP contribution in [-0.2, 0) is 11.3 Å². The lowest BCUT2D eigenvalue weighted by Gasteiger charge is -2.17. The number of benzene rings is 1. The standard InChI is InChI=1S/C16H19N5O2S/c1-11(14(22)20-9-8-17-15(20)23)24-16-19-18-12(2)21(16)10-13-6-4-3-5-7-13/h3-7,11H,8-10H2,1-2H3,(H,17,23). The summed E-state index contributed by atoms with van der Waals surface area (Å²) >= 11 is 1.33. The molecule has 126 valence electrons. The molecule has 1 aromatic heterocycles. The minimum atomic E-state index is -0.410. The number of nitrogens with one attached hydrogen (secondary N) is 1. The number of rotatable bonds is 5. The number of hydrogen-bond donors (Lipinski definition) is 1. The Balaban J connectivity index is 1.73. The highest BCUT2D eigenvalue weighted by Crippen LogP contribution is 2.25. The maximum absolute atomic E-state index is 12.4. The fraction of sp³-hybridized carbons (Fsp3) is 0.375. The van der Waals surface area contributed by atoms with Gasteiger partial charge in [-0.3, -0.25) is 9.69 Å². The van der Waals surface area contributed by atoms with Crippen molar-refractivity contribution in [1.82, 2.24) is 25.0 Å². The topological polar surface area (TPSA) is 80.1 Å². The van der Waals surface area contributed by atoms with Crippen LogP contribution in [0, 0.1) is 6.92 Å². The van der Waals surface area contributed by atoms with E-state index in [0.717, 1.165) is 11.4 Å². The number of nitrogens with zero attached hydrogens (tertiary/aromatic N) is 4. The van der Waals surface area contributed by atoms with Gasteiger partial charge in [-0.15, -0.1) is 10.2 Å². The molecule has 0 saturated carbocycles. The Morgan fingerprint density at radius 3 is 2.75 bits per heavy atom. The molecule has 1 aliphatic rings. The van der Waals surface area contributed by atoms with Crippen LogP contribution in [0.25, 0.3) is 0 Å². The van der Waals surface area contributed by atoms with Crippen molar-refractivity contribution >= 4 is 23.7 Å². The number of carbonyl (C=O) groups excluding carboxylic acids is 2. The first-order chi connectivity index (χ1) is 11.6. The Morgan fingerprint density at radius 2 is 2.08 bits per heavy atom. The summed E-state index contributed by atoms with van der Waals surface area (Å²) in [5, 5.41) is 11.2. The normalized spacial score (nSPS) is 15.4. The van der Waals surface area contributed by atoms with Crippen molar-refractivity contribution in [3.63, 3.8) is 0 Å². The second-order valence-electron chi connectivity index (χ2n) is 5.58. The third kappa shape index (κ3) is 3.43. The van der Waals surface area contributed by atoms with E-state index >= 15 is 0 Å². The molecular weight excluding hydrogens is 326 g/mol. The van der Waals surface area contributed by atoms with Crippen LogP contribution in [0.4, 0.5) is 4.79 Å². The van der Waals surface area contributed by atoms with Crippen LogP contribution in [0.2, 0.25) is 0 Å². The molecule has 2 heterocycles. The SMILES string of the molecule is Cc1nnc(SC(C)C(=O)N2CCNC2=O)n1Cc1ccccc1. The van der Waals surface area contributed by atoms with Crippen LogP contribution in [0.3, 0.4) is 0 Å². The fourth-order valence-corrected chi connectivity index (χ4v) is 3.46. The van der Waals surface area contributed by atoms with Crippen LogP contribution in [-0.4, -0.2) is 49.9 Å². The molecule has 1 atom stereocenters. The van der Waals surface area contributed by atoms with Gasteiger partial charge in [-0.1, -0.05) is 42.1 Å². The number of carbonyl (C=O) groups is 2. The third-order valence-electron chi connectivity index (χ3n) is 3.84. The van der Waals surface area contributed by atoms with Gasteiger partial charge in [0.25, 0.3) is 0 Å². The van der Waals surface area contributed by atoms with Gasteiger partial charge in [0.05, 0.1) is 11.8 Å². The molecule has 1 unspecified atom stereocenters. The lowest BCUT2D eigenvalue weighted by Crippen LogP contribution is -2.39. The highest BCUT2D eigenvalue weighted by atomic mass is 32.2. The monoisotopic (exact) mass is 345 g/mol. The van der Waals surface area contributed by atoms with Gasteiger partial charge in [-0.25, -0.2) is 4.79 Å². The first-order valence-electron chi connectivity index (χ1n) is 7.76. The van der Waals surface area contributed by atoms with Crippen molar-refractivity contribution in [3.8, 4) is 0 Å². The first-order valence-corrected chi connectivity index (χ1v) is 8.64. The second kappa shape index (κ2) is 7.04. The van der Waals surface area contributed by atoms with Crippen molar-refractivity contribution in [3.05, 3.63) is 41.7 Å². The molecule has 2 aromatic rings. The van der Waals surface area contributed by atoms with E-state index in [2.05, 4.69) is 15.5 Å². The largest absolute Gasteiger partial charge is 0.336 e. The van der Waals surface area contributed by atoms with Crippen LogP contribution in [0.1, 0.15) is 18.3 Å². The van der Waals surface area contributed by atoms with E-state index in [1.807, 2.05) is 41.8 Å². The lowest BCUT2D eigenvalue weighted by atomic mass is 10.2. The maximum atomic E-state index is 12.4. The molecule has 24 heavy (non-hydrogen) atoms. The third-order valence-corrected chi connectivity index (χ3v) is 4.91. The van der Waals surface area contributed by atoms with Gasteiger partial charge < -0.3 is 9.88 Å². The van der Waals surface area contributed by atoms with E-state index in [0.29, 0.717) is 24.8 Å². The van der Waals surface area contributed by atoms with Crippen molar-refractivity contribution in [2.75, 3.05) is 13.1 Å². The number of hydrogen-bond acceptors (Lipinski definition) is 5. The summed E-state index contributed by atoms with van der Waals surface area (Å²) < 4.78 is 1.98. The number of aryl methyl sites for hydroxylation is 1. The van der Waals surface area contributed by atoms with Crippen LogP contribution in [0.15, 0.2) is 35.5 Å². The molecule has 0 radical (unpaired) electrons. The quantitative estimate of drug-likeness (QED) is 0.834. The molecule has 1 N–H and O–H groups in total. The van der Waals surface area contributed by atoms with Gasteiger partial charge in [-0.2, -0.15) is 0 Å². The zero-order valence-electron chi connectivity index (χ0n) is 13.6. The van der Waals surface area contributed by atoms with Gasteiger partial charge >= 0.3 is 6.03 Å². The summed E-state index contributed by atoms with van der Waals surface area (Å²) in [6.45, 7) is 5.24. The Kier molecular flexibility index (Phi) is 4.84. The van der Waals surface area contributed by atoms with E-state index in [1.54, 1.807) is 6.92 Å². The Labute approximate surface area is 144 Å². The van der Waals surface area contributed by atoms with E-state index in [9.17, 15) is 9.59 Å². The highest BCUT2D eigenvalue weighted by Gasteiger charge is 2.31. The number of amides is 3. The first kappa shape index (κ1) is 16.5. The summed E-state index contributed by atoms with van der Waals surface area (Å²) in [5.41, 5.74) is 1.14. The van der Waals surface area contributed by atoms with Crippen molar-refractivity contribution in [2.45, 2.75) is 30.8 Å². The lowest BCUT2D eigenvalue weighted by molar-refractivity contribution is -0.126. The van der Waals surface area contributed by atoms with E-state index in [4.69, 9.17) is 0 Å². The Morgan fingerprint density at radius 1 is 1.33 bits per heavy atom. The molecule has 3 amide bonds. The summed E-state index contributed by atoms with van der Waals surface area (Å²) in [4.78, 5) is 25.3. The minimum absolute atomic E-state index is 0.207. The average molecular weight is 345 g/mol. The van der Waals surface area contributed by atoms with Crippen molar-refractivity contribution in [1.29, 1.82) is 0 Å². The van der Waals surface area contributed by atoms with Gasteiger partial charge in [-0.05, 0) is 19.4 Å². The van der Waals surface area contributed by atoms with Crippen LogP contribution >= 0.6 is 11.8 Å². The summed E-state index contributed by atoms with van der Waals surface area (Å²) in [7, 11) is 0. The number of imide groups is 1. The predicted octanol–water partition coefficient (Wildman–Crippen LogP) is 1.67. The summed E-state index contributed by atoms with van der Waals surface area (Å²) in [6.07, 6.45) is 0. The number of urea groups is 1. The molecule has 3 rings (SSSR count). The minimum Gasteiger partial charge on any atom is -0.336 e. The van der Waals surface area contributed by atoms with Gasteiger partial charge in [0.1, 0.15) is 5.82 Å². The van der Waals surface area contributed by atoms with Crippen LogP contribution in [0.5, 0.6) is 0 Å². The zero-order valence-corrected chi connectivity index (χ0v) is 14.4. The number of aromatic nitrogens is 3. The molecule has 8 heteroatoms. The van der Waals surface area contributed by atoms with E-state index in [-0.39, 0.29) is 11.9 Å². The molecular formula is C16H19N5O2S. The summed E-state index contributed by atoms with van der Waals surface area (Å²) in [6, 6.07) is 9.70. The van der Waals surface area contributed by atoms with Crippen molar-refractivity contribution < 1.29 is 9.59 Å². The average Bonchev–Trinajstić information content (AvgIpc) is 3.15. The van der Waals surface area contributed by atoms with Gasteiger partial charge in [0.2, 0.25) is 5.91 Å². The molecule has 0 bridgehead atoms. The van der Waals surface area contributed by atoms with Crippen LogP contribution < -0.4 is 5.32 Å². The molecule has 0 spiro atoms. The van der Waals surface area contributed by atoms with Gasteiger partial charge in [0.15, 0.2) is 5.16 Å². The molecule has 1 aromatic carbocycles. The molecule has 0 aliphatic carbocycles. The van der Waals surface area contributed by atoms with E-state index in [1.165, 1.54) is 16.7 Å². The molecule has 1 aliphatic heterocycles. The van der Waals surface area contributed by atoms with E-state index < -0.39 is 5.25 Å².